The van der Waals surface area contributed by atoms with Gasteiger partial charge in [-0.05, 0) is 77.7 Å². The van der Waals surface area contributed by atoms with Crippen LogP contribution in [0.15, 0.2) is 22.7 Å². The van der Waals surface area contributed by atoms with Crippen molar-refractivity contribution in [2.24, 2.45) is 0 Å². The average Bonchev–Trinajstić information content (AvgIpc) is 2.96. The van der Waals surface area contributed by atoms with Crippen LogP contribution in [-0.2, 0) is 41.4 Å². The highest BCUT2D eigenvalue weighted by Gasteiger charge is 2.50. The van der Waals surface area contributed by atoms with Gasteiger partial charge < -0.3 is 8.37 Å². The molecule has 6 nitrogen and oxygen atoms in total. The Morgan fingerprint density at radius 3 is 1.42 bits per heavy atom. The van der Waals surface area contributed by atoms with E-state index in [1.54, 1.807) is 0 Å². The molecule has 0 saturated carbocycles. The van der Waals surface area contributed by atoms with E-state index in [0.717, 1.165) is 12.2 Å². The van der Waals surface area contributed by atoms with Gasteiger partial charge in [-0.25, -0.2) is 0 Å². The first kappa shape index (κ1) is 25.9. The molecule has 2 aliphatic rings. The summed E-state index contributed by atoms with van der Waals surface area (Å²) < 4.78 is 132. The van der Waals surface area contributed by atoms with E-state index >= 15 is 0 Å². The summed E-state index contributed by atoms with van der Waals surface area (Å²) >= 11 is 3.13. The molecule has 0 unspecified atom stereocenters. The molecule has 33 heavy (non-hydrogen) atoms. The molecule has 0 bridgehead atoms. The Bertz CT molecular complexity index is 1140. The number of benzene rings is 1. The van der Waals surface area contributed by atoms with Gasteiger partial charge in [0.05, 0.1) is 0 Å². The summed E-state index contributed by atoms with van der Waals surface area (Å²) in [7, 11) is -12.1. The third-order valence-corrected chi connectivity index (χ3v) is 7.57. The lowest BCUT2D eigenvalue weighted by Gasteiger charge is -2.21. The Balaban J connectivity index is 2.20. The number of rotatable bonds is 4. The highest BCUT2D eigenvalue weighted by Crippen LogP contribution is 2.44. The number of allylic oxidation sites excluding steroid dienone is 2. The third kappa shape index (κ3) is 5.19. The van der Waals surface area contributed by atoms with Crippen LogP contribution >= 0.6 is 15.9 Å². The summed E-state index contributed by atoms with van der Waals surface area (Å²) in [5.74, 6) is -1.34. The van der Waals surface area contributed by atoms with E-state index in [0.29, 0.717) is 36.8 Å². The number of alkyl halides is 6. The molecule has 0 saturated heterocycles. The highest BCUT2D eigenvalue weighted by atomic mass is 79.9. The van der Waals surface area contributed by atoms with Gasteiger partial charge in [-0.1, -0.05) is 6.07 Å². The number of hydrogen-bond donors (Lipinski definition) is 0. The fourth-order valence-electron chi connectivity index (χ4n) is 3.43. The largest absolute Gasteiger partial charge is 0.534 e. The van der Waals surface area contributed by atoms with Crippen LogP contribution in [0, 0.1) is 0 Å². The lowest BCUT2D eigenvalue weighted by atomic mass is 9.93. The minimum absolute atomic E-state index is 0.133. The van der Waals surface area contributed by atoms with Gasteiger partial charge in [0.15, 0.2) is 0 Å². The molecule has 0 spiro atoms. The summed E-state index contributed by atoms with van der Waals surface area (Å²) in [6.45, 7) is 0. The molecular weight excluding hydrogens is 570 g/mol. The molecule has 0 radical (unpaired) electrons. The van der Waals surface area contributed by atoms with Crippen LogP contribution in [0.1, 0.15) is 47.9 Å². The maximum atomic E-state index is 12.9. The van der Waals surface area contributed by atoms with Gasteiger partial charge in [0.2, 0.25) is 0 Å². The van der Waals surface area contributed by atoms with E-state index in [-0.39, 0.29) is 28.4 Å². The fourth-order valence-corrected chi connectivity index (χ4v) is 5.29. The molecule has 0 aromatic heterocycles. The molecule has 0 N–H and O–H groups in total. The summed E-state index contributed by atoms with van der Waals surface area (Å²) in [5.41, 5.74) is -10.9. The second kappa shape index (κ2) is 8.80. The van der Waals surface area contributed by atoms with Gasteiger partial charge in [-0.15, -0.1) is 0 Å². The van der Waals surface area contributed by atoms with E-state index in [9.17, 15) is 43.2 Å². The first-order valence-corrected chi connectivity index (χ1v) is 12.9. The molecule has 1 aromatic rings. The Morgan fingerprint density at radius 2 is 1.09 bits per heavy atom. The van der Waals surface area contributed by atoms with Gasteiger partial charge in [0.25, 0.3) is 0 Å². The Morgan fingerprint density at radius 1 is 0.727 bits per heavy atom. The first-order valence-electron chi connectivity index (χ1n) is 9.32. The number of halogens is 7. The highest BCUT2D eigenvalue weighted by molar-refractivity contribution is 9.10. The van der Waals surface area contributed by atoms with Crippen LogP contribution in [0.3, 0.4) is 0 Å². The first-order chi connectivity index (χ1) is 15.1. The molecule has 0 fully saturated rings. The van der Waals surface area contributed by atoms with Crippen molar-refractivity contribution in [2.45, 2.75) is 49.5 Å². The van der Waals surface area contributed by atoms with Gasteiger partial charge >= 0.3 is 31.3 Å². The van der Waals surface area contributed by atoms with Crippen molar-refractivity contribution in [1.82, 2.24) is 0 Å². The van der Waals surface area contributed by atoms with Crippen molar-refractivity contribution in [3.8, 4) is 0 Å². The standard InChI is InChI=1S/C18H15BrF6O6S2/c19-16-14-10(5-1-3-7-12(14)30-32(26,27)17(20,21)22)9-11-6-2-4-8-13(15(11)16)31-33(28,29)18(23,24)25/h7-9H,1-6H2. The molecule has 0 heterocycles. The molecule has 15 heteroatoms. The van der Waals surface area contributed by atoms with E-state index in [4.69, 9.17) is 0 Å². The van der Waals surface area contributed by atoms with Gasteiger partial charge in [0, 0.05) is 15.6 Å². The normalized spacial score (nSPS) is 17.7. The molecule has 2 aliphatic carbocycles. The van der Waals surface area contributed by atoms with E-state index in [1.807, 2.05) is 0 Å². The van der Waals surface area contributed by atoms with E-state index in [2.05, 4.69) is 24.3 Å². The predicted octanol–water partition coefficient (Wildman–Crippen LogP) is 5.54. The Hall–Kier alpha value is -1.74. The molecule has 0 aliphatic heterocycles. The summed E-state index contributed by atoms with van der Waals surface area (Å²) in [6.07, 6.45) is 4.04. The summed E-state index contributed by atoms with van der Waals surface area (Å²) in [4.78, 5) is 0. The van der Waals surface area contributed by atoms with Gasteiger partial charge in [-0.2, -0.15) is 43.2 Å². The van der Waals surface area contributed by atoms with Crippen LogP contribution in [0.25, 0.3) is 11.5 Å². The monoisotopic (exact) mass is 584 g/mol. The number of fused-ring (bicyclic) bond motifs is 2. The molecule has 0 atom stereocenters. The van der Waals surface area contributed by atoms with Crippen LogP contribution in [0.5, 0.6) is 0 Å². The molecule has 3 rings (SSSR count). The van der Waals surface area contributed by atoms with E-state index < -0.39 is 42.8 Å². The molecule has 184 valence electrons. The Labute approximate surface area is 193 Å². The lowest BCUT2D eigenvalue weighted by Crippen LogP contribution is -2.26. The number of hydrogen-bond acceptors (Lipinski definition) is 6. The van der Waals surface area contributed by atoms with Gasteiger partial charge in [0.1, 0.15) is 11.5 Å². The van der Waals surface area contributed by atoms with Crippen molar-refractivity contribution in [3.63, 3.8) is 0 Å². The topological polar surface area (TPSA) is 86.7 Å². The maximum absolute atomic E-state index is 12.9. The minimum Gasteiger partial charge on any atom is -0.376 e. The Kier molecular flexibility index (Phi) is 6.90. The zero-order valence-electron chi connectivity index (χ0n) is 16.4. The van der Waals surface area contributed by atoms with Crippen molar-refractivity contribution in [1.29, 1.82) is 0 Å². The van der Waals surface area contributed by atoms with Crippen LogP contribution in [0.4, 0.5) is 26.3 Å². The van der Waals surface area contributed by atoms with Crippen LogP contribution < -0.4 is 0 Å². The van der Waals surface area contributed by atoms with Crippen molar-refractivity contribution < 1.29 is 51.5 Å². The predicted molar refractivity (Wildman–Crippen MR) is 108 cm³/mol. The van der Waals surface area contributed by atoms with Gasteiger partial charge in [-0.3, -0.25) is 0 Å². The zero-order valence-corrected chi connectivity index (χ0v) is 19.6. The summed E-state index contributed by atoms with van der Waals surface area (Å²) in [5, 5.41) is 0. The molecule has 0 amide bonds. The second-order valence-electron chi connectivity index (χ2n) is 7.15. The average molecular weight is 585 g/mol. The van der Waals surface area contributed by atoms with Crippen molar-refractivity contribution >= 4 is 47.7 Å². The molecular formula is C18H15BrF6O6S2. The maximum Gasteiger partial charge on any atom is 0.534 e. The smallest absolute Gasteiger partial charge is 0.376 e. The van der Waals surface area contributed by atoms with Crippen molar-refractivity contribution in [3.05, 3.63) is 44.9 Å². The van der Waals surface area contributed by atoms with E-state index in [1.165, 1.54) is 6.07 Å². The van der Waals surface area contributed by atoms with Crippen LogP contribution in [0.2, 0.25) is 0 Å². The second-order valence-corrected chi connectivity index (χ2v) is 11.0. The third-order valence-electron chi connectivity index (χ3n) is 4.85. The fraction of sp³-hybridized carbons (Fsp3) is 0.444. The summed E-state index contributed by atoms with van der Waals surface area (Å²) in [6, 6.07) is 1.49. The quantitative estimate of drug-likeness (QED) is 0.262. The van der Waals surface area contributed by atoms with Crippen molar-refractivity contribution in [2.75, 3.05) is 0 Å². The minimum atomic E-state index is -6.04. The lowest BCUT2D eigenvalue weighted by molar-refractivity contribution is -0.0513. The molecule has 1 aromatic carbocycles. The van der Waals surface area contributed by atoms with Crippen LogP contribution in [-0.4, -0.2) is 27.9 Å². The number of aryl methyl sites for hydroxylation is 2. The SMILES string of the molecule is O=S(=O)(OC1=CCCCc2cc3c(c(Br)c21)C(OS(=O)(=O)C(F)(F)F)=CCCC3)C(F)(F)F. The zero-order chi connectivity index (χ0) is 24.8.